The van der Waals surface area contributed by atoms with Crippen LogP contribution < -0.4 is 0 Å². The van der Waals surface area contributed by atoms with Crippen molar-refractivity contribution in [3.05, 3.63) is 47.7 Å². The third-order valence-corrected chi connectivity index (χ3v) is 5.55. The lowest BCUT2D eigenvalue weighted by atomic mass is 9.91. The number of aromatic nitrogens is 6. The average Bonchev–Trinajstić information content (AvgIpc) is 3.42. The van der Waals surface area contributed by atoms with Crippen LogP contribution in [0.25, 0.3) is 11.3 Å². The zero-order valence-corrected chi connectivity index (χ0v) is 18.0. The van der Waals surface area contributed by atoms with Crippen molar-refractivity contribution in [1.82, 2.24) is 30.0 Å². The lowest BCUT2D eigenvalue weighted by Gasteiger charge is -2.42. The van der Waals surface area contributed by atoms with Crippen LogP contribution in [0.4, 0.5) is 13.2 Å². The number of aliphatic hydroxyl groups excluding tert-OH is 3. The largest absolute Gasteiger partial charge is 0.394 e. The first-order valence-electron chi connectivity index (χ1n) is 10.1. The van der Waals surface area contributed by atoms with Crippen LogP contribution in [0.5, 0.6) is 0 Å². The lowest BCUT2D eigenvalue weighted by Crippen LogP contribution is -2.54. The molecule has 0 saturated carbocycles. The zero-order valence-electron chi connectivity index (χ0n) is 18.0. The summed E-state index contributed by atoms with van der Waals surface area (Å²) in [5, 5.41) is 47.2. The van der Waals surface area contributed by atoms with Gasteiger partial charge in [-0.25, -0.2) is 22.5 Å². The van der Waals surface area contributed by atoms with Crippen molar-refractivity contribution in [3.8, 4) is 11.3 Å². The predicted octanol–water partition coefficient (Wildman–Crippen LogP) is 1.10. The molecule has 0 bridgehead atoms. The molecule has 178 valence electrons. The van der Waals surface area contributed by atoms with E-state index in [0.29, 0.717) is 5.69 Å². The molecule has 5 atom stereocenters. The molecule has 4 rings (SSSR count). The Bertz CT molecular complexity index is 1120. The summed E-state index contributed by atoms with van der Waals surface area (Å²) in [6, 6.07) is 0.344. The second kappa shape index (κ2) is 8.48. The van der Waals surface area contributed by atoms with Gasteiger partial charge in [0.2, 0.25) is 0 Å². The van der Waals surface area contributed by atoms with E-state index in [9.17, 15) is 28.5 Å². The minimum absolute atomic E-state index is 0.0214. The smallest absolute Gasteiger partial charge is 0.194 e. The molecule has 33 heavy (non-hydrogen) atoms. The Labute approximate surface area is 186 Å². The molecule has 3 aromatic rings. The molecule has 1 aliphatic rings. The van der Waals surface area contributed by atoms with E-state index in [2.05, 4.69) is 20.6 Å². The average molecular weight is 468 g/mol. The molecule has 0 radical (unpaired) electrons. The standard InChI is InChI=1S/C20H23F3N6O4/c1-20(2,3)14-6-24-26-29(14)19-18(32)16(17(31)13(8-30)33-19)28-7-12(25-27-28)9-4-10(21)15(23)11(22)5-9/h4-7,13,16-19,30-32H,8H2,1-3H3/t13-,16+,17+,18-,19-/m1/s1. The lowest BCUT2D eigenvalue weighted by molar-refractivity contribution is -0.234. The van der Waals surface area contributed by atoms with Gasteiger partial charge in [0.15, 0.2) is 23.7 Å². The Morgan fingerprint density at radius 1 is 1.06 bits per heavy atom. The van der Waals surface area contributed by atoms with Gasteiger partial charge in [-0.15, -0.1) is 10.2 Å². The van der Waals surface area contributed by atoms with E-state index in [4.69, 9.17) is 4.74 Å². The van der Waals surface area contributed by atoms with Gasteiger partial charge >= 0.3 is 0 Å². The quantitative estimate of drug-likeness (QED) is 0.486. The Morgan fingerprint density at radius 3 is 2.33 bits per heavy atom. The van der Waals surface area contributed by atoms with Gasteiger partial charge in [-0.2, -0.15) is 0 Å². The minimum Gasteiger partial charge on any atom is -0.394 e. The van der Waals surface area contributed by atoms with E-state index in [1.165, 1.54) is 17.1 Å². The van der Waals surface area contributed by atoms with Crippen LogP contribution in [-0.4, -0.2) is 70.2 Å². The summed E-state index contributed by atoms with van der Waals surface area (Å²) in [7, 11) is 0. The topological polar surface area (TPSA) is 131 Å². The van der Waals surface area contributed by atoms with Gasteiger partial charge in [-0.1, -0.05) is 31.2 Å². The Kier molecular flexibility index (Phi) is 5.99. The first-order chi connectivity index (χ1) is 15.5. The zero-order chi connectivity index (χ0) is 24.1. The van der Waals surface area contributed by atoms with Crippen LogP contribution in [0.2, 0.25) is 0 Å². The summed E-state index contributed by atoms with van der Waals surface area (Å²) in [5.41, 5.74) is 0.112. The molecule has 0 spiro atoms. The van der Waals surface area contributed by atoms with E-state index in [0.717, 1.165) is 16.8 Å². The van der Waals surface area contributed by atoms with Crippen molar-refractivity contribution in [2.45, 2.75) is 56.8 Å². The molecule has 0 amide bonds. The highest BCUT2D eigenvalue weighted by Crippen LogP contribution is 2.37. The number of nitrogens with zero attached hydrogens (tertiary/aromatic N) is 6. The normalized spacial score (nSPS) is 26.0. The molecule has 1 saturated heterocycles. The van der Waals surface area contributed by atoms with Crippen molar-refractivity contribution < 1.29 is 33.2 Å². The fraction of sp³-hybridized carbons (Fsp3) is 0.500. The number of ether oxygens (including phenoxy) is 1. The van der Waals surface area contributed by atoms with E-state index in [-0.39, 0.29) is 11.3 Å². The van der Waals surface area contributed by atoms with Crippen LogP contribution in [0.1, 0.15) is 38.7 Å². The van der Waals surface area contributed by atoms with E-state index in [1.807, 2.05) is 20.8 Å². The summed E-state index contributed by atoms with van der Waals surface area (Å²) in [6.45, 7) is 5.17. The maximum atomic E-state index is 13.6. The maximum Gasteiger partial charge on any atom is 0.194 e. The number of halogens is 3. The first-order valence-corrected chi connectivity index (χ1v) is 10.1. The van der Waals surface area contributed by atoms with Gasteiger partial charge in [0, 0.05) is 11.0 Å². The SMILES string of the molecule is CC(C)(C)c1cnnn1[C@@H]1O[C@H](CO)[C@H](O)[C@H](n2cc(-c3cc(F)c(F)c(F)c3)nn2)[C@H]1O. The molecule has 2 aromatic heterocycles. The molecule has 1 aliphatic heterocycles. The highest BCUT2D eigenvalue weighted by molar-refractivity contribution is 5.57. The summed E-state index contributed by atoms with van der Waals surface area (Å²) in [4.78, 5) is 0. The van der Waals surface area contributed by atoms with Gasteiger partial charge in [0.25, 0.3) is 0 Å². The van der Waals surface area contributed by atoms with Gasteiger partial charge in [-0.05, 0) is 12.1 Å². The molecule has 10 nitrogen and oxygen atoms in total. The van der Waals surface area contributed by atoms with Crippen LogP contribution in [-0.2, 0) is 10.2 Å². The highest BCUT2D eigenvalue weighted by atomic mass is 19.2. The highest BCUT2D eigenvalue weighted by Gasteiger charge is 2.48. The minimum atomic E-state index is -1.61. The maximum absolute atomic E-state index is 13.6. The van der Waals surface area contributed by atoms with Crippen LogP contribution in [0.3, 0.4) is 0 Å². The number of rotatable bonds is 4. The summed E-state index contributed by atoms with van der Waals surface area (Å²) < 4.78 is 48.8. The summed E-state index contributed by atoms with van der Waals surface area (Å²) >= 11 is 0. The number of aliphatic hydroxyl groups is 3. The summed E-state index contributed by atoms with van der Waals surface area (Å²) in [6.07, 6.45) is -2.34. The van der Waals surface area contributed by atoms with Gasteiger partial charge in [-0.3, -0.25) is 0 Å². The second-order valence-corrected chi connectivity index (χ2v) is 8.87. The molecular weight excluding hydrogens is 445 g/mol. The predicted molar refractivity (Wildman–Crippen MR) is 106 cm³/mol. The van der Waals surface area contributed by atoms with Crippen LogP contribution in [0.15, 0.2) is 24.5 Å². The van der Waals surface area contributed by atoms with Gasteiger partial charge < -0.3 is 20.1 Å². The van der Waals surface area contributed by atoms with Crippen LogP contribution in [0, 0.1) is 17.5 Å². The molecule has 1 aromatic carbocycles. The molecule has 3 heterocycles. The fourth-order valence-corrected chi connectivity index (χ4v) is 3.82. The first kappa shape index (κ1) is 23.3. The van der Waals surface area contributed by atoms with E-state index in [1.54, 1.807) is 0 Å². The molecular formula is C20H23F3N6O4. The number of benzene rings is 1. The number of hydrogen-bond acceptors (Lipinski definition) is 8. The Hall–Kier alpha value is -2.87. The summed E-state index contributed by atoms with van der Waals surface area (Å²) in [5.74, 6) is -4.41. The molecule has 0 unspecified atom stereocenters. The molecule has 0 aliphatic carbocycles. The van der Waals surface area contributed by atoms with Crippen molar-refractivity contribution in [1.29, 1.82) is 0 Å². The van der Waals surface area contributed by atoms with Gasteiger partial charge in [0.1, 0.15) is 30.0 Å². The Morgan fingerprint density at radius 2 is 1.73 bits per heavy atom. The third kappa shape index (κ3) is 4.12. The van der Waals surface area contributed by atoms with Crippen molar-refractivity contribution in [3.63, 3.8) is 0 Å². The second-order valence-electron chi connectivity index (χ2n) is 8.87. The van der Waals surface area contributed by atoms with E-state index < -0.39 is 60.1 Å². The van der Waals surface area contributed by atoms with Crippen molar-refractivity contribution in [2.75, 3.05) is 6.61 Å². The Balaban J connectivity index is 1.72. The molecule has 13 heteroatoms. The van der Waals surface area contributed by atoms with Crippen LogP contribution >= 0.6 is 0 Å². The third-order valence-electron chi connectivity index (χ3n) is 5.55. The monoisotopic (exact) mass is 468 g/mol. The molecule has 3 N–H and O–H groups in total. The molecule has 1 fully saturated rings. The van der Waals surface area contributed by atoms with Gasteiger partial charge in [0.05, 0.1) is 24.7 Å². The van der Waals surface area contributed by atoms with Crippen molar-refractivity contribution in [2.24, 2.45) is 0 Å². The fourth-order valence-electron chi connectivity index (χ4n) is 3.82. The number of hydrogen-bond donors (Lipinski definition) is 3. The van der Waals surface area contributed by atoms with Crippen molar-refractivity contribution >= 4 is 0 Å². The van der Waals surface area contributed by atoms with E-state index >= 15 is 0 Å².